The number of amides is 1. The molecule has 150 valence electrons. The van der Waals surface area contributed by atoms with Crippen LogP contribution < -0.4 is 10.0 Å². The van der Waals surface area contributed by atoms with Gasteiger partial charge in [0.15, 0.2) is 0 Å². The average molecular weight is 447 g/mol. The average Bonchev–Trinajstić information content (AvgIpc) is 3.17. The Morgan fingerprint density at radius 3 is 2.64 bits per heavy atom. The predicted molar refractivity (Wildman–Crippen MR) is 105 cm³/mol. The fraction of sp³-hybridized carbons (Fsp3) is 0.278. The van der Waals surface area contributed by atoms with Crippen LogP contribution in [0.15, 0.2) is 41.3 Å². The van der Waals surface area contributed by atoms with Crippen LogP contribution in [-0.4, -0.2) is 33.6 Å². The monoisotopic (exact) mass is 446 g/mol. The summed E-state index contributed by atoms with van der Waals surface area (Å²) in [5, 5.41) is 2.38. The van der Waals surface area contributed by atoms with Crippen molar-refractivity contribution in [2.75, 3.05) is 18.5 Å². The second-order valence-electron chi connectivity index (χ2n) is 6.22. The van der Waals surface area contributed by atoms with E-state index in [1.54, 1.807) is 0 Å². The van der Waals surface area contributed by atoms with Crippen LogP contribution in [0.4, 0.5) is 10.1 Å². The number of carbonyl (C=O) groups excluding carboxylic acids is 1. The first-order valence-electron chi connectivity index (χ1n) is 8.43. The maximum absolute atomic E-state index is 13.2. The lowest BCUT2D eigenvalue weighted by atomic mass is 10.2. The molecule has 1 atom stereocenters. The first-order chi connectivity index (χ1) is 13.3. The normalized spacial score (nSPS) is 16.9. The van der Waals surface area contributed by atoms with E-state index in [0.717, 1.165) is 18.9 Å². The molecule has 2 N–H and O–H groups in total. The van der Waals surface area contributed by atoms with Crippen molar-refractivity contribution in [2.45, 2.75) is 23.8 Å². The molecule has 1 amide bonds. The Labute approximate surface area is 172 Å². The summed E-state index contributed by atoms with van der Waals surface area (Å²) in [6.45, 7) is 0.735. The SMILES string of the molecule is O=C(Nc1ccc(F)c(Cl)c1)c1ccc(Cl)c(S(=O)(=O)NC[C@H]2CCCO2)c1. The molecule has 1 fully saturated rings. The second-order valence-corrected chi connectivity index (χ2v) is 8.76. The molecule has 1 saturated heterocycles. The number of anilines is 1. The van der Waals surface area contributed by atoms with Gasteiger partial charge in [0.25, 0.3) is 5.91 Å². The first kappa shape index (κ1) is 21.0. The number of sulfonamides is 1. The molecule has 6 nitrogen and oxygen atoms in total. The van der Waals surface area contributed by atoms with Crippen molar-refractivity contribution >= 4 is 44.8 Å². The van der Waals surface area contributed by atoms with Crippen LogP contribution in [0.5, 0.6) is 0 Å². The van der Waals surface area contributed by atoms with Crippen molar-refractivity contribution in [3.8, 4) is 0 Å². The Kier molecular flexibility index (Phi) is 6.57. The molecule has 2 aromatic rings. The van der Waals surface area contributed by atoms with Crippen LogP contribution in [0, 0.1) is 5.82 Å². The van der Waals surface area contributed by atoms with Crippen LogP contribution in [0.2, 0.25) is 10.0 Å². The number of rotatable bonds is 6. The Balaban J connectivity index is 1.77. The molecule has 0 aliphatic carbocycles. The largest absolute Gasteiger partial charge is 0.377 e. The molecule has 0 unspecified atom stereocenters. The fourth-order valence-corrected chi connectivity index (χ4v) is 4.48. The molecule has 10 heteroatoms. The van der Waals surface area contributed by atoms with Crippen LogP contribution in [0.1, 0.15) is 23.2 Å². The van der Waals surface area contributed by atoms with E-state index in [2.05, 4.69) is 10.0 Å². The van der Waals surface area contributed by atoms with E-state index in [-0.39, 0.29) is 38.8 Å². The number of halogens is 3. The van der Waals surface area contributed by atoms with Crippen molar-refractivity contribution in [3.63, 3.8) is 0 Å². The van der Waals surface area contributed by atoms with Gasteiger partial charge in [-0.2, -0.15) is 0 Å². The lowest BCUT2D eigenvalue weighted by Crippen LogP contribution is -2.32. The topological polar surface area (TPSA) is 84.5 Å². The third-order valence-electron chi connectivity index (χ3n) is 4.19. The molecular formula is C18H17Cl2FN2O4S. The van der Waals surface area contributed by atoms with E-state index < -0.39 is 21.7 Å². The fourth-order valence-electron chi connectivity index (χ4n) is 2.71. The van der Waals surface area contributed by atoms with E-state index in [4.69, 9.17) is 27.9 Å². The Hall–Kier alpha value is -1.71. The van der Waals surface area contributed by atoms with Gasteiger partial charge in [-0.3, -0.25) is 4.79 Å². The maximum atomic E-state index is 13.2. The highest BCUT2D eigenvalue weighted by atomic mass is 35.5. The molecule has 0 bridgehead atoms. The van der Waals surface area contributed by atoms with Gasteiger partial charge in [0, 0.05) is 24.4 Å². The Morgan fingerprint density at radius 2 is 1.96 bits per heavy atom. The van der Waals surface area contributed by atoms with Crippen molar-refractivity contribution in [2.24, 2.45) is 0 Å². The van der Waals surface area contributed by atoms with Crippen molar-refractivity contribution < 1.29 is 22.3 Å². The third kappa shape index (κ3) is 5.01. The molecule has 0 saturated carbocycles. The zero-order chi connectivity index (χ0) is 20.3. The highest BCUT2D eigenvalue weighted by Gasteiger charge is 2.23. The summed E-state index contributed by atoms with van der Waals surface area (Å²) in [5.74, 6) is -1.20. The summed E-state index contributed by atoms with van der Waals surface area (Å²) in [6, 6.07) is 7.61. The second kappa shape index (κ2) is 8.75. The lowest BCUT2D eigenvalue weighted by molar-refractivity contribution is 0.102. The standard InChI is InChI=1S/C18H17Cl2FN2O4S/c19-14-5-3-11(18(24)23-12-4-6-16(21)15(20)9-12)8-17(14)28(25,26)22-10-13-2-1-7-27-13/h3-6,8-9,13,22H,1-2,7,10H2,(H,23,24)/t13-/m1/s1. The van der Waals surface area contributed by atoms with E-state index in [0.29, 0.717) is 6.61 Å². The molecule has 0 radical (unpaired) electrons. The van der Waals surface area contributed by atoms with Crippen LogP contribution >= 0.6 is 23.2 Å². The van der Waals surface area contributed by atoms with Gasteiger partial charge in [0.1, 0.15) is 10.7 Å². The van der Waals surface area contributed by atoms with E-state index in [9.17, 15) is 17.6 Å². The first-order valence-corrected chi connectivity index (χ1v) is 10.7. The summed E-state index contributed by atoms with van der Waals surface area (Å²) in [6.07, 6.45) is 1.48. The molecule has 3 rings (SSSR count). The van der Waals surface area contributed by atoms with Gasteiger partial charge in [-0.1, -0.05) is 23.2 Å². The molecule has 1 aliphatic heterocycles. The highest BCUT2D eigenvalue weighted by Crippen LogP contribution is 2.24. The molecular weight excluding hydrogens is 430 g/mol. The predicted octanol–water partition coefficient (Wildman–Crippen LogP) is 3.84. The maximum Gasteiger partial charge on any atom is 0.255 e. The zero-order valence-corrected chi connectivity index (χ0v) is 16.9. The number of benzene rings is 2. The summed E-state index contributed by atoms with van der Waals surface area (Å²) in [7, 11) is -3.93. The van der Waals surface area contributed by atoms with Gasteiger partial charge < -0.3 is 10.1 Å². The lowest BCUT2D eigenvalue weighted by Gasteiger charge is -2.13. The van der Waals surface area contributed by atoms with Crippen LogP contribution in [-0.2, 0) is 14.8 Å². The van der Waals surface area contributed by atoms with Gasteiger partial charge in [-0.15, -0.1) is 0 Å². The van der Waals surface area contributed by atoms with Crippen molar-refractivity contribution in [1.29, 1.82) is 0 Å². The van der Waals surface area contributed by atoms with E-state index >= 15 is 0 Å². The molecule has 28 heavy (non-hydrogen) atoms. The third-order valence-corrected chi connectivity index (χ3v) is 6.38. The molecule has 1 heterocycles. The highest BCUT2D eigenvalue weighted by molar-refractivity contribution is 7.89. The van der Waals surface area contributed by atoms with Gasteiger partial charge in [0.2, 0.25) is 10.0 Å². The molecule has 0 spiro atoms. The number of carbonyl (C=O) groups is 1. The van der Waals surface area contributed by atoms with Gasteiger partial charge in [-0.05, 0) is 49.2 Å². The Bertz CT molecular complexity index is 995. The number of hydrogen-bond acceptors (Lipinski definition) is 4. The summed E-state index contributed by atoms with van der Waals surface area (Å²) >= 11 is 11.7. The minimum atomic E-state index is -3.93. The summed E-state index contributed by atoms with van der Waals surface area (Å²) < 4.78 is 46.3. The van der Waals surface area contributed by atoms with Crippen molar-refractivity contribution in [1.82, 2.24) is 4.72 Å². The van der Waals surface area contributed by atoms with Gasteiger partial charge >= 0.3 is 0 Å². The van der Waals surface area contributed by atoms with E-state index in [1.165, 1.54) is 30.3 Å². The Morgan fingerprint density at radius 1 is 1.18 bits per heavy atom. The zero-order valence-electron chi connectivity index (χ0n) is 14.5. The minimum absolute atomic E-state index is 0.0128. The minimum Gasteiger partial charge on any atom is -0.377 e. The number of ether oxygens (including phenoxy) is 1. The van der Waals surface area contributed by atoms with Crippen LogP contribution in [0.3, 0.4) is 0 Å². The molecule has 0 aromatic heterocycles. The molecule has 2 aromatic carbocycles. The quantitative estimate of drug-likeness (QED) is 0.705. The van der Waals surface area contributed by atoms with Gasteiger partial charge in [-0.25, -0.2) is 17.5 Å². The smallest absolute Gasteiger partial charge is 0.255 e. The summed E-state index contributed by atoms with van der Waals surface area (Å²) in [5.41, 5.74) is 0.342. The summed E-state index contributed by atoms with van der Waals surface area (Å²) in [4.78, 5) is 12.2. The van der Waals surface area contributed by atoms with Crippen LogP contribution in [0.25, 0.3) is 0 Å². The number of hydrogen-bond donors (Lipinski definition) is 2. The molecule has 1 aliphatic rings. The van der Waals surface area contributed by atoms with Gasteiger partial charge in [0.05, 0.1) is 16.1 Å². The number of nitrogens with one attached hydrogen (secondary N) is 2. The van der Waals surface area contributed by atoms with Crippen molar-refractivity contribution in [3.05, 3.63) is 57.8 Å². The van der Waals surface area contributed by atoms with E-state index in [1.807, 2.05) is 0 Å².